The lowest BCUT2D eigenvalue weighted by atomic mass is 9.95. The molecule has 0 N–H and O–H groups in total. The number of aromatic nitrogens is 2. The number of hydrogen-bond donors (Lipinski definition) is 0. The van der Waals surface area contributed by atoms with E-state index in [0.717, 1.165) is 22.6 Å². The Hall–Kier alpha value is -4.22. The molecule has 1 unspecified atom stereocenters. The molecular formula is C29H28FN5O2. The highest BCUT2D eigenvalue weighted by molar-refractivity contribution is 5.89. The van der Waals surface area contributed by atoms with E-state index in [1.54, 1.807) is 36.9 Å². The van der Waals surface area contributed by atoms with Crippen LogP contribution in [0.4, 0.5) is 10.1 Å². The Morgan fingerprint density at radius 1 is 1.05 bits per heavy atom. The van der Waals surface area contributed by atoms with Crippen LogP contribution in [0.25, 0.3) is 11.0 Å². The van der Waals surface area contributed by atoms with E-state index in [0.29, 0.717) is 36.4 Å². The topological polar surface area (TPSA) is 74.4 Å². The Bertz CT molecular complexity index is 1530. The fraction of sp³-hybridized carbons (Fsp3) is 0.276. The van der Waals surface area contributed by atoms with Crippen molar-refractivity contribution in [2.24, 2.45) is 7.05 Å². The second-order valence-corrected chi connectivity index (χ2v) is 9.37. The van der Waals surface area contributed by atoms with E-state index in [1.165, 1.54) is 12.1 Å². The van der Waals surface area contributed by atoms with Crippen molar-refractivity contribution in [2.45, 2.75) is 19.0 Å². The van der Waals surface area contributed by atoms with Gasteiger partial charge in [0.25, 0.3) is 5.56 Å². The molecule has 0 aliphatic carbocycles. The van der Waals surface area contributed by atoms with Crippen molar-refractivity contribution in [3.8, 4) is 11.8 Å². The first-order chi connectivity index (χ1) is 17.9. The molecule has 4 aromatic rings. The van der Waals surface area contributed by atoms with Crippen LogP contribution in [-0.2, 0) is 7.05 Å². The highest BCUT2D eigenvalue weighted by Crippen LogP contribution is 2.34. The lowest BCUT2D eigenvalue weighted by Gasteiger charge is -2.44. The molecule has 0 spiro atoms. The van der Waals surface area contributed by atoms with Crippen molar-refractivity contribution in [3.05, 3.63) is 99.7 Å². The van der Waals surface area contributed by atoms with Gasteiger partial charge in [0.05, 0.1) is 24.4 Å². The number of hydrogen-bond acceptors (Lipinski definition) is 6. The Morgan fingerprint density at radius 2 is 1.73 bits per heavy atom. The summed E-state index contributed by atoms with van der Waals surface area (Å²) >= 11 is 0. The molecule has 2 atom stereocenters. The van der Waals surface area contributed by atoms with Crippen LogP contribution in [0.5, 0.6) is 5.75 Å². The van der Waals surface area contributed by atoms with Gasteiger partial charge in [0.15, 0.2) is 0 Å². The molecule has 188 valence electrons. The third-order valence-electron chi connectivity index (χ3n) is 7.13. The Morgan fingerprint density at radius 3 is 2.35 bits per heavy atom. The first kappa shape index (κ1) is 24.5. The number of benzene rings is 2. The average molecular weight is 498 g/mol. The Labute approximate surface area is 215 Å². The molecule has 0 radical (unpaired) electrons. The van der Waals surface area contributed by atoms with Crippen LogP contribution >= 0.6 is 0 Å². The molecular weight excluding hydrogens is 469 g/mol. The van der Waals surface area contributed by atoms with E-state index < -0.39 is 0 Å². The van der Waals surface area contributed by atoms with Gasteiger partial charge in [0.2, 0.25) is 0 Å². The monoisotopic (exact) mass is 497 g/mol. The van der Waals surface area contributed by atoms with Crippen molar-refractivity contribution >= 4 is 16.7 Å². The van der Waals surface area contributed by atoms with Crippen LogP contribution in [0.3, 0.4) is 0 Å². The van der Waals surface area contributed by atoms with Gasteiger partial charge >= 0.3 is 0 Å². The van der Waals surface area contributed by atoms with Crippen LogP contribution in [0.1, 0.15) is 29.8 Å². The normalized spacial score (nSPS) is 16.9. The largest absolute Gasteiger partial charge is 0.497 e. The standard InChI is InChI=1S/C29H28FN5O2/c1-19-18-34(29(20-4-8-22(30)9-5-20)21-6-11-24(37-3)12-7-21)14-15-35(19)26-16-27(36)33(2)25-13-10-23(17-31)32-28(25)26/h4-13,16,19,29H,14-15,18H2,1-3H3/t19-,29?/m0/s1. The first-order valence-electron chi connectivity index (χ1n) is 12.2. The van der Waals surface area contributed by atoms with Gasteiger partial charge in [0.1, 0.15) is 28.8 Å². The van der Waals surface area contributed by atoms with Crippen LogP contribution in [0, 0.1) is 17.1 Å². The van der Waals surface area contributed by atoms with E-state index in [4.69, 9.17) is 4.74 Å². The second kappa shape index (κ2) is 10.0. The van der Waals surface area contributed by atoms with Gasteiger partial charge in [0, 0.05) is 38.8 Å². The Kier molecular flexibility index (Phi) is 6.64. The van der Waals surface area contributed by atoms with Crippen LogP contribution in [-0.4, -0.2) is 47.2 Å². The van der Waals surface area contributed by atoms with Crippen molar-refractivity contribution in [2.75, 3.05) is 31.6 Å². The predicted molar refractivity (Wildman–Crippen MR) is 141 cm³/mol. The number of anilines is 1. The van der Waals surface area contributed by atoms with Gasteiger partial charge < -0.3 is 14.2 Å². The summed E-state index contributed by atoms with van der Waals surface area (Å²) in [5.41, 5.74) is 4.37. The summed E-state index contributed by atoms with van der Waals surface area (Å²) in [6, 6.07) is 21.8. The molecule has 0 amide bonds. The molecule has 0 bridgehead atoms. The summed E-state index contributed by atoms with van der Waals surface area (Å²) < 4.78 is 20.6. The maximum atomic E-state index is 13.7. The molecule has 7 nitrogen and oxygen atoms in total. The average Bonchev–Trinajstić information content (AvgIpc) is 2.92. The number of nitriles is 1. The summed E-state index contributed by atoms with van der Waals surface area (Å²) in [6.45, 7) is 4.21. The summed E-state index contributed by atoms with van der Waals surface area (Å²) in [7, 11) is 3.36. The zero-order valence-corrected chi connectivity index (χ0v) is 21.1. The fourth-order valence-corrected chi connectivity index (χ4v) is 5.22. The minimum absolute atomic E-state index is 0.0535. The number of piperazine rings is 1. The molecule has 2 aromatic heterocycles. The zero-order valence-electron chi connectivity index (χ0n) is 21.1. The molecule has 0 saturated carbocycles. The van der Waals surface area contributed by atoms with Crippen molar-refractivity contribution < 1.29 is 9.13 Å². The van der Waals surface area contributed by atoms with E-state index in [2.05, 4.69) is 27.8 Å². The lowest BCUT2D eigenvalue weighted by molar-refractivity contribution is 0.188. The van der Waals surface area contributed by atoms with Gasteiger partial charge in [-0.2, -0.15) is 5.26 Å². The SMILES string of the molecule is COc1ccc(C(c2ccc(F)cc2)N2CCN(c3cc(=O)n(C)c4ccc(C#N)nc34)[C@@H](C)C2)cc1. The number of nitrogens with zero attached hydrogens (tertiary/aromatic N) is 5. The van der Waals surface area contributed by atoms with Crippen LogP contribution in [0.15, 0.2) is 71.5 Å². The number of pyridine rings is 2. The number of fused-ring (bicyclic) bond motifs is 1. The molecule has 5 rings (SSSR count). The van der Waals surface area contributed by atoms with Crippen molar-refractivity contribution in [1.82, 2.24) is 14.5 Å². The summed E-state index contributed by atoms with van der Waals surface area (Å²) in [4.78, 5) is 21.9. The number of ether oxygens (including phenoxy) is 1. The van der Waals surface area contributed by atoms with Crippen LogP contribution < -0.4 is 15.2 Å². The summed E-state index contributed by atoms with van der Waals surface area (Å²) in [6.07, 6.45) is 0. The molecule has 37 heavy (non-hydrogen) atoms. The maximum Gasteiger partial charge on any atom is 0.252 e. The quantitative estimate of drug-likeness (QED) is 0.410. The third-order valence-corrected chi connectivity index (χ3v) is 7.13. The van der Waals surface area contributed by atoms with Gasteiger partial charge in [-0.15, -0.1) is 0 Å². The zero-order chi connectivity index (χ0) is 26.1. The molecule has 8 heteroatoms. The van der Waals surface area contributed by atoms with Crippen molar-refractivity contribution in [3.63, 3.8) is 0 Å². The smallest absolute Gasteiger partial charge is 0.252 e. The summed E-state index contributed by atoms with van der Waals surface area (Å²) in [5, 5.41) is 9.40. The van der Waals surface area contributed by atoms with E-state index in [9.17, 15) is 14.4 Å². The molecule has 3 heterocycles. The van der Waals surface area contributed by atoms with Crippen LogP contribution in [0.2, 0.25) is 0 Å². The maximum absolute atomic E-state index is 13.7. The molecule has 2 aromatic carbocycles. The minimum Gasteiger partial charge on any atom is -0.497 e. The van der Waals surface area contributed by atoms with Crippen molar-refractivity contribution in [1.29, 1.82) is 5.26 Å². The van der Waals surface area contributed by atoms with Gasteiger partial charge in [-0.05, 0) is 54.4 Å². The molecule has 1 aliphatic heterocycles. The first-order valence-corrected chi connectivity index (χ1v) is 12.2. The van der Waals surface area contributed by atoms with E-state index in [-0.39, 0.29) is 23.5 Å². The number of aryl methyl sites for hydroxylation is 1. The summed E-state index contributed by atoms with van der Waals surface area (Å²) in [5.74, 6) is 0.513. The lowest BCUT2D eigenvalue weighted by Crippen LogP contribution is -2.53. The minimum atomic E-state index is -0.266. The van der Waals surface area contributed by atoms with Gasteiger partial charge in [-0.1, -0.05) is 24.3 Å². The number of rotatable bonds is 5. The van der Waals surface area contributed by atoms with Gasteiger partial charge in [-0.3, -0.25) is 9.69 Å². The fourth-order valence-electron chi connectivity index (χ4n) is 5.22. The Balaban J connectivity index is 1.50. The third kappa shape index (κ3) is 4.66. The van der Waals surface area contributed by atoms with E-state index in [1.807, 2.05) is 36.4 Å². The molecule has 1 fully saturated rings. The molecule has 1 aliphatic rings. The van der Waals surface area contributed by atoms with E-state index >= 15 is 0 Å². The number of halogens is 1. The second-order valence-electron chi connectivity index (χ2n) is 9.37. The highest BCUT2D eigenvalue weighted by Gasteiger charge is 2.32. The van der Waals surface area contributed by atoms with Gasteiger partial charge in [-0.25, -0.2) is 9.37 Å². The predicted octanol–water partition coefficient (Wildman–Crippen LogP) is 4.25. The molecule has 1 saturated heterocycles. The highest BCUT2D eigenvalue weighted by atomic mass is 19.1. The number of methoxy groups -OCH3 is 1.